The molecule has 0 heterocycles. The Morgan fingerprint density at radius 3 is 2.59 bits per heavy atom. The molecule has 0 radical (unpaired) electrons. The standard InChI is InChI=1S/C12H19NO3S/c1-9-4-5-11(10(2)13)12(8-9)16-6-7-17(3,14)15/h4-5,8,10H,6-7,13H2,1-3H3/t10-/m1/s1. The zero-order chi connectivity index (χ0) is 13.1. The minimum atomic E-state index is -2.99. The van der Waals surface area contributed by atoms with Gasteiger partial charge in [0.2, 0.25) is 0 Å². The monoisotopic (exact) mass is 257 g/mol. The van der Waals surface area contributed by atoms with Crippen LogP contribution in [0.4, 0.5) is 0 Å². The molecule has 17 heavy (non-hydrogen) atoms. The minimum Gasteiger partial charge on any atom is -0.492 e. The van der Waals surface area contributed by atoms with Crippen LogP contribution in [0.15, 0.2) is 18.2 Å². The van der Waals surface area contributed by atoms with Gasteiger partial charge < -0.3 is 10.5 Å². The molecule has 5 heteroatoms. The number of rotatable bonds is 5. The molecule has 0 aliphatic rings. The van der Waals surface area contributed by atoms with Gasteiger partial charge in [-0.1, -0.05) is 12.1 Å². The number of aryl methyl sites for hydroxylation is 1. The van der Waals surface area contributed by atoms with Gasteiger partial charge in [-0.3, -0.25) is 0 Å². The summed E-state index contributed by atoms with van der Waals surface area (Å²) in [7, 11) is -2.99. The van der Waals surface area contributed by atoms with E-state index in [2.05, 4.69) is 0 Å². The second kappa shape index (κ2) is 5.51. The number of hydrogen-bond donors (Lipinski definition) is 1. The molecular formula is C12H19NO3S. The van der Waals surface area contributed by atoms with Crippen molar-refractivity contribution in [2.45, 2.75) is 19.9 Å². The average molecular weight is 257 g/mol. The van der Waals surface area contributed by atoms with Gasteiger partial charge in [0, 0.05) is 17.9 Å². The summed E-state index contributed by atoms with van der Waals surface area (Å²) in [6, 6.07) is 5.61. The Balaban J connectivity index is 2.79. The van der Waals surface area contributed by atoms with Crippen molar-refractivity contribution in [1.82, 2.24) is 0 Å². The fraction of sp³-hybridized carbons (Fsp3) is 0.500. The highest BCUT2D eigenvalue weighted by atomic mass is 32.2. The van der Waals surface area contributed by atoms with Crippen LogP contribution in [-0.4, -0.2) is 27.0 Å². The third-order valence-electron chi connectivity index (χ3n) is 2.37. The summed E-state index contributed by atoms with van der Waals surface area (Å²) in [5.41, 5.74) is 7.78. The maximum Gasteiger partial charge on any atom is 0.150 e. The first kappa shape index (κ1) is 14.0. The van der Waals surface area contributed by atoms with Crippen LogP contribution in [0.3, 0.4) is 0 Å². The van der Waals surface area contributed by atoms with Crippen molar-refractivity contribution in [3.05, 3.63) is 29.3 Å². The van der Waals surface area contributed by atoms with Crippen LogP contribution in [0.5, 0.6) is 5.75 Å². The third-order valence-corrected chi connectivity index (χ3v) is 3.28. The number of sulfone groups is 1. The predicted molar refractivity (Wildman–Crippen MR) is 69.0 cm³/mol. The summed E-state index contributed by atoms with van der Waals surface area (Å²) in [6.07, 6.45) is 1.19. The minimum absolute atomic E-state index is 0.0132. The highest BCUT2D eigenvalue weighted by Gasteiger charge is 2.09. The molecule has 1 aromatic carbocycles. The van der Waals surface area contributed by atoms with Crippen molar-refractivity contribution in [3.63, 3.8) is 0 Å². The van der Waals surface area contributed by atoms with E-state index in [1.165, 1.54) is 6.26 Å². The van der Waals surface area contributed by atoms with Crippen molar-refractivity contribution < 1.29 is 13.2 Å². The van der Waals surface area contributed by atoms with Gasteiger partial charge in [-0.2, -0.15) is 0 Å². The lowest BCUT2D eigenvalue weighted by Crippen LogP contribution is -2.14. The van der Waals surface area contributed by atoms with Crippen molar-refractivity contribution in [3.8, 4) is 5.75 Å². The number of benzene rings is 1. The van der Waals surface area contributed by atoms with E-state index in [1.54, 1.807) is 0 Å². The van der Waals surface area contributed by atoms with Crippen molar-refractivity contribution in [2.24, 2.45) is 5.73 Å². The van der Waals surface area contributed by atoms with Crippen LogP contribution in [0.25, 0.3) is 0 Å². The highest BCUT2D eigenvalue weighted by molar-refractivity contribution is 7.90. The topological polar surface area (TPSA) is 69.4 Å². The first-order valence-corrected chi connectivity index (χ1v) is 7.52. The van der Waals surface area contributed by atoms with Crippen LogP contribution in [0, 0.1) is 6.92 Å². The van der Waals surface area contributed by atoms with E-state index in [-0.39, 0.29) is 18.4 Å². The molecule has 0 amide bonds. The van der Waals surface area contributed by atoms with E-state index < -0.39 is 9.84 Å². The predicted octanol–water partition coefficient (Wildman–Crippen LogP) is 1.44. The normalized spacial score (nSPS) is 13.4. The Hall–Kier alpha value is -1.07. The van der Waals surface area contributed by atoms with Crippen LogP contribution in [0.2, 0.25) is 0 Å². The molecule has 0 aromatic heterocycles. The molecule has 0 saturated carbocycles. The van der Waals surface area contributed by atoms with E-state index >= 15 is 0 Å². The number of ether oxygens (including phenoxy) is 1. The molecular weight excluding hydrogens is 238 g/mol. The highest BCUT2D eigenvalue weighted by Crippen LogP contribution is 2.25. The van der Waals surface area contributed by atoms with Crippen LogP contribution < -0.4 is 10.5 Å². The zero-order valence-corrected chi connectivity index (χ0v) is 11.3. The van der Waals surface area contributed by atoms with Gasteiger partial charge in [-0.15, -0.1) is 0 Å². The smallest absolute Gasteiger partial charge is 0.150 e. The van der Waals surface area contributed by atoms with Gasteiger partial charge in [0.05, 0.1) is 5.75 Å². The molecule has 1 atom stereocenters. The second-order valence-electron chi connectivity index (χ2n) is 4.31. The van der Waals surface area contributed by atoms with Gasteiger partial charge in [-0.05, 0) is 25.5 Å². The van der Waals surface area contributed by atoms with Gasteiger partial charge in [-0.25, -0.2) is 8.42 Å². The van der Waals surface area contributed by atoms with E-state index in [9.17, 15) is 8.42 Å². The summed E-state index contributed by atoms with van der Waals surface area (Å²) in [5.74, 6) is 0.683. The van der Waals surface area contributed by atoms with Crippen LogP contribution in [0.1, 0.15) is 24.1 Å². The van der Waals surface area contributed by atoms with Crippen molar-refractivity contribution in [1.29, 1.82) is 0 Å². The Morgan fingerprint density at radius 2 is 2.06 bits per heavy atom. The Morgan fingerprint density at radius 1 is 1.41 bits per heavy atom. The first-order chi connectivity index (χ1) is 7.79. The fourth-order valence-electron chi connectivity index (χ4n) is 1.45. The largest absolute Gasteiger partial charge is 0.492 e. The SMILES string of the molecule is Cc1ccc([C@@H](C)N)c(OCCS(C)(=O)=O)c1. The molecule has 0 saturated heterocycles. The summed E-state index contributed by atoms with van der Waals surface area (Å²) in [6.45, 7) is 3.98. The van der Waals surface area contributed by atoms with E-state index in [0.717, 1.165) is 11.1 Å². The van der Waals surface area contributed by atoms with Crippen molar-refractivity contribution in [2.75, 3.05) is 18.6 Å². The molecule has 0 spiro atoms. The lowest BCUT2D eigenvalue weighted by Gasteiger charge is -2.14. The van der Waals surface area contributed by atoms with Crippen LogP contribution >= 0.6 is 0 Å². The molecule has 0 unspecified atom stereocenters. The fourth-order valence-corrected chi connectivity index (χ4v) is 1.83. The Labute approximate surface area is 103 Å². The maximum absolute atomic E-state index is 11.0. The molecule has 0 fully saturated rings. The molecule has 2 N–H and O–H groups in total. The van der Waals surface area contributed by atoms with Gasteiger partial charge in [0.1, 0.15) is 12.4 Å². The van der Waals surface area contributed by atoms with Gasteiger partial charge >= 0.3 is 0 Å². The molecule has 0 aliphatic carbocycles. The first-order valence-electron chi connectivity index (χ1n) is 5.46. The Kier molecular flexibility index (Phi) is 4.54. The van der Waals surface area contributed by atoms with E-state index in [0.29, 0.717) is 5.75 Å². The van der Waals surface area contributed by atoms with E-state index in [1.807, 2.05) is 32.0 Å². The number of hydrogen-bond acceptors (Lipinski definition) is 4. The molecule has 1 aromatic rings. The lowest BCUT2D eigenvalue weighted by atomic mass is 10.1. The van der Waals surface area contributed by atoms with E-state index in [4.69, 9.17) is 10.5 Å². The third kappa shape index (κ3) is 4.75. The molecule has 4 nitrogen and oxygen atoms in total. The molecule has 0 aliphatic heterocycles. The zero-order valence-electron chi connectivity index (χ0n) is 10.4. The quantitative estimate of drug-likeness (QED) is 0.866. The maximum atomic E-state index is 11.0. The summed E-state index contributed by atoms with van der Waals surface area (Å²) in [5, 5.41) is 0. The van der Waals surface area contributed by atoms with Gasteiger partial charge in [0.15, 0.2) is 9.84 Å². The average Bonchev–Trinajstić information content (AvgIpc) is 2.15. The molecule has 96 valence electrons. The molecule has 0 bridgehead atoms. The van der Waals surface area contributed by atoms with Gasteiger partial charge in [0.25, 0.3) is 0 Å². The number of nitrogens with two attached hydrogens (primary N) is 1. The summed E-state index contributed by atoms with van der Waals surface area (Å²) < 4.78 is 27.5. The Bertz CT molecular complexity index is 481. The molecule has 1 rings (SSSR count). The van der Waals surface area contributed by atoms with Crippen LogP contribution in [-0.2, 0) is 9.84 Å². The summed E-state index contributed by atoms with van der Waals surface area (Å²) >= 11 is 0. The summed E-state index contributed by atoms with van der Waals surface area (Å²) in [4.78, 5) is 0. The lowest BCUT2D eigenvalue weighted by molar-refractivity contribution is 0.335. The second-order valence-corrected chi connectivity index (χ2v) is 6.57. The van der Waals surface area contributed by atoms with Crippen molar-refractivity contribution >= 4 is 9.84 Å².